The van der Waals surface area contributed by atoms with Gasteiger partial charge in [0.05, 0.1) is 33.9 Å². The second-order valence-corrected chi connectivity index (χ2v) is 38.9. The van der Waals surface area contributed by atoms with Crippen LogP contribution >= 0.6 is 0 Å². The molecule has 20 aliphatic rings. The van der Waals surface area contributed by atoms with Crippen molar-refractivity contribution >= 4 is 80.2 Å². The van der Waals surface area contributed by atoms with E-state index >= 15 is 19.2 Å². The third kappa shape index (κ3) is 14.3. The minimum absolute atomic E-state index is 0. The smallest absolute Gasteiger partial charge is 0.657 e. The van der Waals surface area contributed by atoms with E-state index in [9.17, 15) is 35.9 Å². The van der Waals surface area contributed by atoms with Gasteiger partial charge in [-0.15, -0.1) is 22.1 Å². The molecule has 642 valence electrons. The Morgan fingerprint density at radius 1 is 0.479 bits per heavy atom. The number of esters is 6. The summed E-state index contributed by atoms with van der Waals surface area (Å²) in [4.78, 5) is 111. The van der Waals surface area contributed by atoms with E-state index in [1.807, 2.05) is 64.1 Å². The maximum atomic E-state index is 15.4. The number of aromatic nitrogens is 4. The molecule has 8 aliphatic carbocycles. The number of halogens is 6. The van der Waals surface area contributed by atoms with E-state index in [0.29, 0.717) is 136 Å². The monoisotopic (exact) mass is 1720 g/mol. The molecule has 8 saturated carbocycles. The third-order valence-electron chi connectivity index (χ3n) is 33.6. The number of nitrogens with zero attached hydrogens (tertiary/aromatic N) is 4. The van der Waals surface area contributed by atoms with Crippen molar-refractivity contribution in [3.63, 3.8) is 0 Å². The number of allylic oxidation sites excluding steroid dienone is 4. The number of ether oxygens (including phenoxy) is 6. The predicted molar refractivity (Wildman–Crippen MR) is 442 cm³/mol. The number of carbonyl (C=O) groups excluding carboxylic acids is 6. The van der Waals surface area contributed by atoms with Crippen LogP contribution in [0.2, 0.25) is 0 Å². The van der Waals surface area contributed by atoms with Gasteiger partial charge in [-0.3, -0.25) is 9.59 Å². The zero-order chi connectivity index (χ0) is 85.3. The van der Waals surface area contributed by atoms with Crippen LogP contribution in [-0.2, 0) is 79.9 Å². The first-order chi connectivity index (χ1) is 56.9. The molecule has 32 bridgehead atoms. The fraction of sp³-hybridized carbons (Fsp3) is 0.612. The Kier molecular flexibility index (Phi) is 22.8. The van der Waals surface area contributed by atoms with Gasteiger partial charge in [0.15, 0.2) is 0 Å². The molecule has 22 atom stereocenters. The largest absolute Gasteiger partial charge is 2.00 e. The number of carbonyl (C=O) groups is 6. The molecular formula is C98H114F6N4O12Zn. The Morgan fingerprint density at radius 2 is 0.851 bits per heavy atom. The van der Waals surface area contributed by atoms with Crippen molar-refractivity contribution in [1.29, 1.82) is 0 Å². The molecule has 3 aromatic heterocycles. The van der Waals surface area contributed by atoms with Crippen LogP contribution in [0.1, 0.15) is 277 Å². The second kappa shape index (κ2) is 31.9. The van der Waals surface area contributed by atoms with Gasteiger partial charge in [0.25, 0.3) is 0 Å². The third-order valence-corrected chi connectivity index (χ3v) is 33.6. The van der Waals surface area contributed by atoms with E-state index in [-0.39, 0.29) is 105 Å². The van der Waals surface area contributed by atoms with E-state index in [0.717, 1.165) is 78.1 Å². The predicted octanol–water partition coefficient (Wildman–Crippen LogP) is 21.8. The molecule has 9 fully saturated rings. The summed E-state index contributed by atoms with van der Waals surface area (Å²) in [6.45, 7) is 29.0. The molecule has 0 radical (unpaired) electrons. The van der Waals surface area contributed by atoms with Gasteiger partial charge >= 0.3 is 67.6 Å². The number of fused-ring (bicyclic) bond motifs is 1. The number of benzene rings is 2. The fourth-order valence-electron chi connectivity index (χ4n) is 27.6. The number of hydrogen-bond donors (Lipinski definition) is 0. The molecule has 23 heteroatoms. The number of aryl methyl sites for hydroxylation is 4. The van der Waals surface area contributed by atoms with Gasteiger partial charge in [0, 0.05) is 35.5 Å². The van der Waals surface area contributed by atoms with Gasteiger partial charge in [-0.2, -0.15) is 26.3 Å². The summed E-state index contributed by atoms with van der Waals surface area (Å²) in [6.07, 6.45) is -7.99. The van der Waals surface area contributed by atoms with Crippen molar-refractivity contribution in [3.8, 4) is 22.3 Å². The van der Waals surface area contributed by atoms with Crippen LogP contribution < -0.4 is 9.97 Å². The van der Waals surface area contributed by atoms with E-state index in [2.05, 4.69) is 81.4 Å². The zero-order valence-electron chi connectivity index (χ0n) is 72.4. The van der Waals surface area contributed by atoms with Crippen molar-refractivity contribution in [2.75, 3.05) is 0 Å². The molecule has 2 aromatic carbocycles. The summed E-state index contributed by atoms with van der Waals surface area (Å²) in [7, 11) is 0. The minimum Gasteiger partial charge on any atom is -0.657 e. The molecule has 5 aromatic rings. The molecule has 25 rings (SSSR count). The zero-order valence-corrected chi connectivity index (χ0v) is 75.4. The molecular weight excluding hydrogens is 1600 g/mol. The standard InChI is InChI=1S/C98H114F6N4O12.Zn/c1-15-61-49(7)85-81-53-21-19-23-55(37-53)89(111)115-59-33-35-93(11)57(39-59)41-75-83-67-29-27-65(95(67,13)77(43-69(83)93)119-91(113)97(99,100)101)48(6)26-32-80(110)118-76-42-58-40-60(34-36-94(58,12)70-44-78(120-92(114)98(102,103)104)96(14)66(28-30-68(96)84(70)76)47(5)25-31-79(109)117-75)116-90(112)56-24-20-22-54(38-56)82(87-50(8)62(16-2)72(106-87)45-71(61)105-85)88-52(10)64(18-4)74(108-88)46-73-63(17-3)51(9)86(81)107-73;/h19-24,37-38,45-48,57-60,65-70,75-78,83-84H,15-18,25-36,39-44H2,1-14H3;/q-2;+2/t47-,48-,57+,58+,59-,60-,65-,66-,67+,68+,69+,70+,75-,76-,77+,78+,83+,84+,93+,94+,95-,96-;/m1./s1. The minimum atomic E-state index is -5.32. The summed E-state index contributed by atoms with van der Waals surface area (Å²) in [6, 6.07) is 19.0. The van der Waals surface area contributed by atoms with Crippen LogP contribution in [0, 0.1) is 107 Å². The summed E-state index contributed by atoms with van der Waals surface area (Å²) >= 11 is 0. The molecule has 0 amide bonds. The van der Waals surface area contributed by atoms with Crippen LogP contribution in [0.3, 0.4) is 0 Å². The average Bonchev–Trinajstić information content (AvgIpc) is 1.67. The Labute approximate surface area is 717 Å². The fourth-order valence-corrected chi connectivity index (χ4v) is 27.6. The summed E-state index contributed by atoms with van der Waals surface area (Å²) < 4.78 is 129. The Morgan fingerprint density at radius 3 is 1.21 bits per heavy atom. The average molecular weight is 1720 g/mol. The molecule has 1 saturated heterocycles. The van der Waals surface area contributed by atoms with Crippen LogP contribution in [0.4, 0.5) is 26.3 Å². The number of rotatable bonds is 6. The van der Waals surface area contributed by atoms with Gasteiger partial charge in [-0.25, -0.2) is 29.1 Å². The van der Waals surface area contributed by atoms with E-state index in [1.165, 1.54) is 0 Å². The van der Waals surface area contributed by atoms with Crippen molar-refractivity contribution in [1.82, 2.24) is 19.9 Å². The van der Waals surface area contributed by atoms with Gasteiger partial charge in [0.1, 0.15) is 36.6 Å². The van der Waals surface area contributed by atoms with Gasteiger partial charge in [-0.1, -0.05) is 128 Å². The molecule has 0 N–H and O–H groups in total. The first kappa shape index (κ1) is 86.6. The Balaban J connectivity index is 0.0000109. The topological polar surface area (TPSA) is 212 Å². The van der Waals surface area contributed by atoms with Crippen molar-refractivity contribution in [2.45, 2.75) is 287 Å². The number of alkyl halides is 6. The van der Waals surface area contributed by atoms with E-state index < -0.39 is 142 Å². The van der Waals surface area contributed by atoms with Gasteiger partial charge in [-0.05, 0) is 295 Å². The van der Waals surface area contributed by atoms with Crippen molar-refractivity contribution in [3.05, 3.63) is 117 Å². The maximum Gasteiger partial charge on any atom is 2.00 e. The Bertz CT molecular complexity index is 4970. The van der Waals surface area contributed by atoms with Crippen LogP contribution in [0.25, 0.3) is 66.6 Å². The van der Waals surface area contributed by atoms with E-state index in [4.69, 9.17) is 48.4 Å². The second-order valence-electron chi connectivity index (χ2n) is 38.9. The van der Waals surface area contributed by atoms with Crippen LogP contribution in [0.15, 0.2) is 60.7 Å². The van der Waals surface area contributed by atoms with Crippen LogP contribution in [0.5, 0.6) is 0 Å². The molecule has 0 spiro atoms. The normalized spacial score (nSPS) is 34.7. The van der Waals surface area contributed by atoms with Crippen molar-refractivity contribution in [2.24, 2.45) is 92.7 Å². The molecule has 121 heavy (non-hydrogen) atoms. The maximum absolute atomic E-state index is 15.4. The molecule has 12 aliphatic heterocycles. The summed E-state index contributed by atoms with van der Waals surface area (Å²) in [5.41, 5.74) is 13.4. The van der Waals surface area contributed by atoms with E-state index in [1.54, 1.807) is 12.1 Å². The molecule has 15 heterocycles. The van der Waals surface area contributed by atoms with Crippen LogP contribution in [-0.4, -0.2) is 94.8 Å². The quantitative estimate of drug-likeness (QED) is 0.0669. The molecule has 0 unspecified atom stereocenters. The van der Waals surface area contributed by atoms with Gasteiger partial charge in [0.2, 0.25) is 0 Å². The van der Waals surface area contributed by atoms with Crippen molar-refractivity contribution < 1.29 is 103 Å². The Hall–Kier alpha value is -7.94. The first-order valence-corrected chi connectivity index (χ1v) is 44.6. The molecule has 16 nitrogen and oxygen atoms in total. The SMILES string of the molecule is CCC1=C(C)c2nc1cc1[n-]c(c(C)c1CC)c1c3nc(cc4[n-]c(c(C)c4CC)c2-c2cccc(c2)C(=O)O[C@@H]2CC[C@@]4(C)[C@@H](C2)C[C@H]2OC(=O)CC[C@@H](C)[C@H]5CC[C@H]6[C@@H]7[C@@H](C[C@@H]8C[C@@H](CC[C@]8(C)[C@H]7C[C@H](OC(=O)C(F)(F)F)[C@]56C)OC(=O)c5cccc-1c5)OC(=O)CC[C@@H](C)[C@H]1CC[C@H]5[C@H]2[C@@H]4C[C@H](OC(=O)C(F)(F)F)[C@]15C)C(CC)=C3C.[Zn+2]. The van der Waals surface area contributed by atoms with Gasteiger partial charge < -0.3 is 38.4 Å². The first-order valence-electron chi connectivity index (χ1n) is 44.6. The summed E-state index contributed by atoms with van der Waals surface area (Å²) in [5, 5.41) is 0. The number of hydrogen-bond acceptors (Lipinski definition) is 14. The summed E-state index contributed by atoms with van der Waals surface area (Å²) in [5.74, 6) is -11.4.